The fraction of sp³-hybridized carbons (Fsp3) is 0.571. The van der Waals surface area contributed by atoms with E-state index in [4.69, 9.17) is 4.74 Å². The molecule has 6 aliphatic rings. The number of fused-ring (bicyclic) bond motifs is 2. The van der Waals surface area contributed by atoms with Crippen molar-refractivity contribution in [2.45, 2.75) is 62.6 Å². The molecule has 4 saturated heterocycles. The maximum Gasteiger partial charge on any atom is 0.302 e. The van der Waals surface area contributed by atoms with Crippen LogP contribution >= 0.6 is 0 Å². The summed E-state index contributed by atoms with van der Waals surface area (Å²) >= 11 is 0. The quantitative estimate of drug-likeness (QED) is 0.598. The van der Waals surface area contributed by atoms with E-state index in [2.05, 4.69) is 40.6 Å². The number of allylic oxidation sites excluding steroid dienone is 1. The molecule has 5 bridgehead atoms. The van der Waals surface area contributed by atoms with Gasteiger partial charge in [0, 0.05) is 30.6 Å². The Kier molecular flexibility index (Phi) is 2.75. The zero-order valence-electron chi connectivity index (χ0n) is 15.1. The number of para-hydroxylation sites is 1. The van der Waals surface area contributed by atoms with Crippen LogP contribution in [0.2, 0.25) is 0 Å². The highest BCUT2D eigenvalue weighted by Gasteiger charge is 2.76. The smallest absolute Gasteiger partial charge is 0.302 e. The number of ether oxygens (including phenoxy) is 1. The first kappa shape index (κ1) is 15.2. The van der Waals surface area contributed by atoms with Gasteiger partial charge in [-0.15, -0.1) is 0 Å². The molecule has 5 aliphatic heterocycles. The molecule has 1 aliphatic carbocycles. The van der Waals surface area contributed by atoms with Crippen molar-refractivity contribution >= 4 is 11.7 Å². The Morgan fingerprint density at radius 3 is 2.96 bits per heavy atom. The SMILES string of the molecule is C/C=C1\[C@@H](O)N2[C@H]3C[C@@]45c6ccccc6N[C@H]4[C@@H]2C[C@@H]1C3[C@H]5OC(C)=O. The zero-order chi connectivity index (χ0) is 17.8. The van der Waals surface area contributed by atoms with Gasteiger partial charge in [-0.1, -0.05) is 24.3 Å². The van der Waals surface area contributed by atoms with Gasteiger partial charge in [-0.25, -0.2) is 0 Å². The lowest BCUT2D eigenvalue weighted by molar-refractivity contribution is -0.156. The summed E-state index contributed by atoms with van der Waals surface area (Å²) in [5.74, 6) is 0.373. The second kappa shape index (κ2) is 4.70. The van der Waals surface area contributed by atoms with Crippen molar-refractivity contribution in [3.8, 4) is 0 Å². The van der Waals surface area contributed by atoms with E-state index >= 15 is 0 Å². The van der Waals surface area contributed by atoms with Crippen LogP contribution in [0.25, 0.3) is 0 Å². The van der Waals surface area contributed by atoms with Gasteiger partial charge >= 0.3 is 5.97 Å². The number of esters is 1. The van der Waals surface area contributed by atoms with Crippen molar-refractivity contribution in [2.75, 3.05) is 5.32 Å². The lowest BCUT2D eigenvalue weighted by atomic mass is 9.65. The molecule has 5 fully saturated rings. The van der Waals surface area contributed by atoms with Crippen LogP contribution in [0.15, 0.2) is 35.9 Å². The van der Waals surface area contributed by atoms with E-state index in [1.54, 1.807) is 0 Å². The average molecular weight is 352 g/mol. The van der Waals surface area contributed by atoms with Crippen molar-refractivity contribution in [1.82, 2.24) is 4.90 Å². The molecular formula is C21H24N2O3. The van der Waals surface area contributed by atoms with Gasteiger partial charge in [0.05, 0.1) is 11.5 Å². The molecule has 1 aromatic rings. The lowest BCUT2D eigenvalue weighted by Gasteiger charge is -2.59. The van der Waals surface area contributed by atoms with Gasteiger partial charge in [0.1, 0.15) is 12.3 Å². The molecule has 26 heavy (non-hydrogen) atoms. The van der Waals surface area contributed by atoms with Crippen molar-refractivity contribution in [1.29, 1.82) is 0 Å². The summed E-state index contributed by atoms with van der Waals surface area (Å²) in [5.41, 5.74) is 3.41. The number of rotatable bonds is 1. The number of benzene rings is 1. The van der Waals surface area contributed by atoms with Crippen LogP contribution < -0.4 is 5.32 Å². The maximum atomic E-state index is 12.1. The van der Waals surface area contributed by atoms with Gasteiger partial charge in [0.25, 0.3) is 0 Å². The second-order valence-corrected chi connectivity index (χ2v) is 8.61. The number of nitrogens with zero attached hydrogens (tertiary/aromatic N) is 1. The Balaban J connectivity index is 1.59. The Labute approximate surface area is 153 Å². The predicted octanol–water partition coefficient (Wildman–Crippen LogP) is 2.02. The number of anilines is 1. The summed E-state index contributed by atoms with van der Waals surface area (Å²) in [6.45, 7) is 3.54. The van der Waals surface area contributed by atoms with Gasteiger partial charge in [-0.05, 0) is 42.9 Å². The Morgan fingerprint density at radius 2 is 2.19 bits per heavy atom. The fourth-order valence-electron chi connectivity index (χ4n) is 7.32. The number of hydrogen-bond acceptors (Lipinski definition) is 5. The van der Waals surface area contributed by atoms with Crippen LogP contribution in [0.3, 0.4) is 0 Å². The molecule has 1 saturated carbocycles. The van der Waals surface area contributed by atoms with E-state index < -0.39 is 6.23 Å². The largest absolute Gasteiger partial charge is 0.461 e. The van der Waals surface area contributed by atoms with Crippen LogP contribution in [-0.2, 0) is 14.9 Å². The van der Waals surface area contributed by atoms with Crippen molar-refractivity contribution in [2.24, 2.45) is 11.8 Å². The highest BCUT2D eigenvalue weighted by Crippen LogP contribution is 2.68. The monoisotopic (exact) mass is 352 g/mol. The van der Waals surface area contributed by atoms with Gasteiger partial charge in [-0.3, -0.25) is 9.69 Å². The van der Waals surface area contributed by atoms with Crippen LogP contribution in [0.4, 0.5) is 5.69 Å². The molecule has 136 valence electrons. The van der Waals surface area contributed by atoms with E-state index in [9.17, 15) is 9.90 Å². The van der Waals surface area contributed by atoms with Gasteiger partial charge in [0.2, 0.25) is 0 Å². The average Bonchev–Trinajstić information content (AvgIpc) is 3.08. The number of hydrogen-bond donors (Lipinski definition) is 2. The molecule has 7 rings (SSSR count). The number of piperidine rings is 4. The number of aliphatic hydroxyl groups excluding tert-OH is 1. The molecule has 0 amide bonds. The van der Waals surface area contributed by atoms with Gasteiger partial charge in [-0.2, -0.15) is 0 Å². The van der Waals surface area contributed by atoms with Crippen LogP contribution in [0.5, 0.6) is 0 Å². The first-order chi connectivity index (χ1) is 12.6. The number of nitrogens with one attached hydrogen (secondary N) is 1. The highest BCUT2D eigenvalue weighted by molar-refractivity contribution is 5.69. The molecule has 9 atom stereocenters. The molecular weight excluding hydrogens is 328 g/mol. The summed E-state index contributed by atoms with van der Waals surface area (Å²) in [4.78, 5) is 14.4. The minimum Gasteiger partial charge on any atom is -0.461 e. The highest BCUT2D eigenvalue weighted by atomic mass is 16.5. The molecule has 0 radical (unpaired) electrons. The van der Waals surface area contributed by atoms with Crippen molar-refractivity contribution < 1.29 is 14.6 Å². The summed E-state index contributed by atoms with van der Waals surface area (Å²) in [6.07, 6.45) is 3.43. The Bertz CT molecular complexity index is 851. The molecule has 2 unspecified atom stereocenters. The normalized spacial score (nSPS) is 50.5. The van der Waals surface area contributed by atoms with Crippen LogP contribution in [0.1, 0.15) is 32.3 Å². The van der Waals surface area contributed by atoms with E-state index in [0.717, 1.165) is 18.4 Å². The molecule has 1 spiro atoms. The third kappa shape index (κ3) is 1.47. The summed E-state index contributed by atoms with van der Waals surface area (Å²) in [6, 6.07) is 9.24. The molecule has 5 heteroatoms. The molecule has 1 aromatic carbocycles. The van der Waals surface area contributed by atoms with Gasteiger partial charge in [0.15, 0.2) is 0 Å². The standard InChI is InChI=1S/C21H24N2O3/c1-3-11-12-8-15-18-21(13-6-4-5-7-14(13)22-18)9-16(23(15)20(11)25)17(12)19(21)26-10(2)24/h3-7,12,15-20,22,25H,8-9H2,1-2H3/b11-3-/t12-,15-,16-,17?,18-,19+,20+,21+/m0/s1. The Hall–Kier alpha value is -1.85. The number of aliphatic hydroxyl groups is 1. The number of carbonyl (C=O) groups is 1. The summed E-state index contributed by atoms with van der Waals surface area (Å²) in [5, 5.41) is 14.8. The van der Waals surface area contributed by atoms with Crippen LogP contribution in [-0.4, -0.2) is 46.4 Å². The third-order valence-electron chi connectivity index (χ3n) is 7.89. The van der Waals surface area contributed by atoms with Gasteiger partial charge < -0.3 is 15.2 Å². The topological polar surface area (TPSA) is 61.8 Å². The molecule has 5 heterocycles. The third-order valence-corrected chi connectivity index (χ3v) is 7.89. The van der Waals surface area contributed by atoms with E-state index in [0.29, 0.717) is 5.92 Å². The summed E-state index contributed by atoms with van der Waals surface area (Å²) < 4.78 is 6.08. The first-order valence-electron chi connectivity index (χ1n) is 9.73. The van der Waals surface area contributed by atoms with E-state index in [-0.39, 0.29) is 41.5 Å². The van der Waals surface area contributed by atoms with E-state index in [1.807, 2.05) is 6.92 Å². The van der Waals surface area contributed by atoms with Crippen molar-refractivity contribution in [3.63, 3.8) is 0 Å². The molecule has 2 N–H and O–H groups in total. The van der Waals surface area contributed by atoms with Crippen LogP contribution in [0, 0.1) is 11.8 Å². The fourth-order valence-corrected chi connectivity index (χ4v) is 7.32. The Morgan fingerprint density at radius 1 is 1.38 bits per heavy atom. The predicted molar refractivity (Wildman–Crippen MR) is 96.5 cm³/mol. The van der Waals surface area contributed by atoms with Crippen molar-refractivity contribution in [3.05, 3.63) is 41.5 Å². The lowest BCUT2D eigenvalue weighted by Crippen LogP contribution is -2.70. The number of carbonyl (C=O) groups excluding carboxylic acids is 1. The second-order valence-electron chi connectivity index (χ2n) is 8.61. The summed E-state index contributed by atoms with van der Waals surface area (Å²) in [7, 11) is 0. The minimum atomic E-state index is -0.496. The van der Waals surface area contributed by atoms with E-state index in [1.165, 1.54) is 18.2 Å². The molecule has 0 aromatic heterocycles. The first-order valence-corrected chi connectivity index (χ1v) is 9.73. The maximum absolute atomic E-state index is 12.1. The minimum absolute atomic E-state index is 0.131. The zero-order valence-corrected chi connectivity index (χ0v) is 15.1. The molecule has 5 nitrogen and oxygen atoms in total.